The summed E-state index contributed by atoms with van der Waals surface area (Å²) in [5, 5.41) is 5.72. The fourth-order valence-corrected chi connectivity index (χ4v) is 3.85. The Morgan fingerprint density at radius 3 is 2.31 bits per heavy atom. The molecule has 26 heavy (non-hydrogen) atoms. The third-order valence-electron chi connectivity index (χ3n) is 4.16. The Hall–Kier alpha value is -2.54. The molecule has 7 heteroatoms. The number of aryl methyl sites for hydroxylation is 1. The number of nitrogens with one attached hydrogen (secondary N) is 1. The number of carbonyl (C=O) groups excluding carboxylic acids is 3. The van der Waals surface area contributed by atoms with Crippen LogP contribution in [0.2, 0.25) is 0 Å². The van der Waals surface area contributed by atoms with Gasteiger partial charge in [0.15, 0.2) is 0 Å². The zero-order chi connectivity index (χ0) is 18.8. The lowest BCUT2D eigenvalue weighted by Crippen LogP contribution is -2.41. The second-order valence-electron chi connectivity index (χ2n) is 6.82. The molecule has 0 aliphatic carbocycles. The Kier molecular flexibility index (Phi) is 5.18. The number of thiazole rings is 1. The van der Waals surface area contributed by atoms with Crippen molar-refractivity contribution in [1.82, 2.24) is 15.2 Å². The van der Waals surface area contributed by atoms with Crippen LogP contribution >= 0.6 is 11.3 Å². The molecular weight excluding hydrogens is 350 g/mol. The minimum atomic E-state index is -0.425. The Labute approximate surface area is 156 Å². The molecule has 0 spiro atoms. The van der Waals surface area contributed by atoms with Crippen LogP contribution in [0.3, 0.4) is 0 Å². The topological polar surface area (TPSA) is 79.4 Å². The van der Waals surface area contributed by atoms with Crippen molar-refractivity contribution in [2.75, 3.05) is 6.54 Å². The molecule has 1 atom stereocenters. The van der Waals surface area contributed by atoms with Crippen molar-refractivity contribution in [3.63, 3.8) is 0 Å². The summed E-state index contributed by atoms with van der Waals surface area (Å²) in [4.78, 5) is 42.8. The van der Waals surface area contributed by atoms with Gasteiger partial charge in [-0.25, -0.2) is 4.98 Å². The number of nitrogens with zero attached hydrogens (tertiary/aromatic N) is 2. The molecule has 3 amide bonds. The maximum absolute atomic E-state index is 12.5. The molecule has 136 valence electrons. The van der Waals surface area contributed by atoms with Crippen LogP contribution in [-0.4, -0.2) is 34.2 Å². The minimum absolute atomic E-state index is 0.226. The van der Waals surface area contributed by atoms with Crippen molar-refractivity contribution in [2.24, 2.45) is 5.92 Å². The second kappa shape index (κ2) is 7.37. The summed E-state index contributed by atoms with van der Waals surface area (Å²) >= 11 is 1.50. The molecule has 6 nitrogen and oxygen atoms in total. The minimum Gasteiger partial charge on any atom is -0.345 e. The van der Waals surface area contributed by atoms with E-state index in [0.29, 0.717) is 17.0 Å². The van der Waals surface area contributed by atoms with Crippen molar-refractivity contribution >= 4 is 29.1 Å². The van der Waals surface area contributed by atoms with Gasteiger partial charge in [-0.15, -0.1) is 11.3 Å². The summed E-state index contributed by atoms with van der Waals surface area (Å²) in [5.41, 5.74) is 1.60. The largest absolute Gasteiger partial charge is 0.345 e. The second-order valence-corrected chi connectivity index (χ2v) is 7.71. The number of fused-ring (bicyclic) bond motifs is 1. The fourth-order valence-electron chi connectivity index (χ4n) is 2.99. The summed E-state index contributed by atoms with van der Waals surface area (Å²) in [5.74, 6) is -0.848. The first-order valence-electron chi connectivity index (χ1n) is 8.53. The normalized spacial score (nSPS) is 14.7. The lowest BCUT2D eigenvalue weighted by molar-refractivity contribution is -0.122. The maximum atomic E-state index is 12.5. The van der Waals surface area contributed by atoms with Crippen molar-refractivity contribution < 1.29 is 14.4 Å². The number of imide groups is 1. The number of hydrogen-bond donors (Lipinski definition) is 1. The number of rotatable bonds is 6. The third kappa shape index (κ3) is 3.67. The first-order chi connectivity index (χ1) is 12.4. The van der Waals surface area contributed by atoms with Gasteiger partial charge in [0.2, 0.25) is 5.91 Å². The van der Waals surface area contributed by atoms with Gasteiger partial charge in [-0.1, -0.05) is 26.0 Å². The summed E-state index contributed by atoms with van der Waals surface area (Å²) in [6.07, 6.45) is 0.737. The summed E-state index contributed by atoms with van der Waals surface area (Å²) in [7, 11) is 0. The molecular formula is C19H21N3O3S. The van der Waals surface area contributed by atoms with Gasteiger partial charge in [0, 0.05) is 11.1 Å². The molecule has 1 aliphatic heterocycles. The lowest BCUT2D eigenvalue weighted by atomic mass is 10.0. The van der Waals surface area contributed by atoms with Crippen LogP contribution in [0.1, 0.15) is 57.7 Å². The van der Waals surface area contributed by atoms with Crippen LogP contribution in [0, 0.1) is 12.8 Å². The Morgan fingerprint density at radius 1 is 1.19 bits per heavy atom. The van der Waals surface area contributed by atoms with Gasteiger partial charge < -0.3 is 5.32 Å². The van der Waals surface area contributed by atoms with E-state index < -0.39 is 11.8 Å². The molecule has 2 heterocycles. The van der Waals surface area contributed by atoms with Gasteiger partial charge >= 0.3 is 0 Å². The van der Waals surface area contributed by atoms with Crippen LogP contribution in [0.4, 0.5) is 0 Å². The summed E-state index contributed by atoms with van der Waals surface area (Å²) in [6, 6.07) is 6.39. The highest BCUT2D eigenvalue weighted by Gasteiger charge is 2.36. The van der Waals surface area contributed by atoms with Gasteiger partial charge in [-0.2, -0.15) is 0 Å². The Morgan fingerprint density at radius 2 is 1.81 bits per heavy atom. The van der Waals surface area contributed by atoms with Gasteiger partial charge in [-0.3, -0.25) is 19.3 Å². The van der Waals surface area contributed by atoms with E-state index in [1.807, 2.05) is 12.3 Å². The van der Waals surface area contributed by atoms with E-state index in [4.69, 9.17) is 0 Å². The van der Waals surface area contributed by atoms with Crippen molar-refractivity contribution in [1.29, 1.82) is 0 Å². The number of amides is 3. The quantitative estimate of drug-likeness (QED) is 0.792. The highest BCUT2D eigenvalue weighted by Crippen LogP contribution is 2.25. The highest BCUT2D eigenvalue weighted by atomic mass is 32.1. The molecule has 0 fully saturated rings. The van der Waals surface area contributed by atoms with E-state index >= 15 is 0 Å². The summed E-state index contributed by atoms with van der Waals surface area (Å²) < 4.78 is 0. The van der Waals surface area contributed by atoms with Gasteiger partial charge in [0.25, 0.3) is 11.8 Å². The number of aromatic nitrogens is 1. The van der Waals surface area contributed by atoms with E-state index in [2.05, 4.69) is 24.1 Å². The van der Waals surface area contributed by atoms with Gasteiger partial charge in [0.05, 0.1) is 17.2 Å². The molecule has 3 rings (SSSR count). The molecule has 1 N–H and O–H groups in total. The molecule has 0 bridgehead atoms. The number of benzene rings is 1. The molecule has 0 saturated heterocycles. The molecule has 1 aromatic carbocycles. The van der Waals surface area contributed by atoms with Crippen LogP contribution in [0.5, 0.6) is 0 Å². The zero-order valence-electron chi connectivity index (χ0n) is 15.0. The van der Waals surface area contributed by atoms with E-state index in [1.165, 1.54) is 11.3 Å². The molecule has 1 aliphatic rings. The zero-order valence-corrected chi connectivity index (χ0v) is 15.8. The van der Waals surface area contributed by atoms with Crippen LogP contribution in [-0.2, 0) is 4.79 Å². The SMILES string of the molecule is Cc1csc(C(CC(C)C)NC(=O)CN2C(=O)c3ccccc3C2=O)n1. The summed E-state index contributed by atoms with van der Waals surface area (Å²) in [6.45, 7) is 5.77. The number of hydrogen-bond acceptors (Lipinski definition) is 5. The van der Waals surface area contributed by atoms with Crippen molar-refractivity contribution in [2.45, 2.75) is 33.2 Å². The predicted octanol–water partition coefficient (Wildman–Crippen LogP) is 2.95. The van der Waals surface area contributed by atoms with Crippen LogP contribution < -0.4 is 5.32 Å². The van der Waals surface area contributed by atoms with E-state index in [-0.39, 0.29) is 18.5 Å². The standard InChI is InChI=1S/C19H21N3O3S/c1-11(2)8-15(17-20-12(3)10-26-17)21-16(23)9-22-18(24)13-6-4-5-7-14(13)19(22)25/h4-7,10-11,15H,8-9H2,1-3H3,(H,21,23). The molecule has 1 aromatic heterocycles. The van der Waals surface area contributed by atoms with Gasteiger partial charge in [-0.05, 0) is 31.4 Å². The maximum Gasteiger partial charge on any atom is 0.262 e. The average Bonchev–Trinajstić information content (AvgIpc) is 3.12. The fraction of sp³-hybridized carbons (Fsp3) is 0.368. The highest BCUT2D eigenvalue weighted by molar-refractivity contribution is 7.09. The first kappa shape index (κ1) is 18.3. The lowest BCUT2D eigenvalue weighted by Gasteiger charge is -2.20. The van der Waals surface area contributed by atoms with E-state index in [0.717, 1.165) is 22.0 Å². The molecule has 0 radical (unpaired) electrons. The van der Waals surface area contributed by atoms with Crippen molar-refractivity contribution in [3.05, 3.63) is 51.5 Å². The van der Waals surface area contributed by atoms with E-state index in [9.17, 15) is 14.4 Å². The Balaban J connectivity index is 1.71. The smallest absolute Gasteiger partial charge is 0.262 e. The third-order valence-corrected chi connectivity index (χ3v) is 5.23. The van der Waals surface area contributed by atoms with Gasteiger partial charge in [0.1, 0.15) is 11.6 Å². The number of carbonyl (C=O) groups is 3. The first-order valence-corrected chi connectivity index (χ1v) is 9.41. The predicted molar refractivity (Wildman–Crippen MR) is 99.0 cm³/mol. The van der Waals surface area contributed by atoms with Crippen molar-refractivity contribution in [3.8, 4) is 0 Å². The molecule has 1 unspecified atom stereocenters. The van der Waals surface area contributed by atoms with E-state index in [1.54, 1.807) is 24.3 Å². The average molecular weight is 371 g/mol. The van der Waals surface area contributed by atoms with Crippen LogP contribution in [0.15, 0.2) is 29.6 Å². The molecule has 0 saturated carbocycles. The Bertz CT molecular complexity index is 824. The molecule has 2 aromatic rings. The van der Waals surface area contributed by atoms with Crippen LogP contribution in [0.25, 0.3) is 0 Å². The monoisotopic (exact) mass is 371 g/mol.